The Bertz CT molecular complexity index is 1280. The van der Waals surface area contributed by atoms with E-state index in [4.69, 9.17) is 9.72 Å². The van der Waals surface area contributed by atoms with Gasteiger partial charge in [-0.1, -0.05) is 74.9 Å². The third-order valence-electron chi connectivity index (χ3n) is 5.88. The third-order valence-corrected chi connectivity index (χ3v) is 5.88. The molecule has 4 rings (SSSR count). The van der Waals surface area contributed by atoms with Crippen LogP contribution in [-0.4, -0.2) is 16.7 Å². The number of nitrogens with zero attached hydrogens (tertiary/aromatic N) is 2. The first-order valence-corrected chi connectivity index (χ1v) is 11.6. The molecule has 0 aliphatic carbocycles. The minimum Gasteiger partial charge on any atom is -0.497 e. The van der Waals surface area contributed by atoms with Crippen LogP contribution in [0, 0.1) is 0 Å². The van der Waals surface area contributed by atoms with Crippen LogP contribution in [0.2, 0.25) is 0 Å². The molecule has 4 heteroatoms. The van der Waals surface area contributed by atoms with E-state index in [2.05, 4.69) is 43.3 Å². The van der Waals surface area contributed by atoms with Gasteiger partial charge in [0.25, 0.3) is 5.56 Å². The zero-order valence-electron chi connectivity index (χ0n) is 19.5. The Morgan fingerprint density at radius 3 is 2.27 bits per heavy atom. The summed E-state index contributed by atoms with van der Waals surface area (Å²) in [6.07, 6.45) is 2.97. The molecule has 0 amide bonds. The van der Waals surface area contributed by atoms with Crippen molar-refractivity contribution in [1.29, 1.82) is 0 Å². The first-order valence-electron chi connectivity index (χ1n) is 11.6. The minimum atomic E-state index is 0.0144. The van der Waals surface area contributed by atoms with Gasteiger partial charge in [-0.3, -0.25) is 9.36 Å². The molecule has 1 heterocycles. The zero-order chi connectivity index (χ0) is 23.2. The van der Waals surface area contributed by atoms with Gasteiger partial charge in [0.1, 0.15) is 11.6 Å². The van der Waals surface area contributed by atoms with Crippen molar-refractivity contribution in [2.24, 2.45) is 0 Å². The lowest BCUT2D eigenvalue weighted by molar-refractivity contribution is 0.414. The highest BCUT2D eigenvalue weighted by Gasteiger charge is 2.17. The normalized spacial score (nSPS) is 10.9. The molecule has 0 N–H and O–H groups in total. The maximum atomic E-state index is 13.9. The fraction of sp³-hybridized carbons (Fsp3) is 0.241. The Balaban J connectivity index is 1.81. The lowest BCUT2D eigenvalue weighted by Gasteiger charge is -2.17. The monoisotopic (exact) mass is 438 g/mol. The number of benzene rings is 3. The molecule has 33 heavy (non-hydrogen) atoms. The highest BCUT2D eigenvalue weighted by atomic mass is 16.5. The van der Waals surface area contributed by atoms with Crippen molar-refractivity contribution in [2.45, 2.75) is 39.5 Å². The molecule has 4 nitrogen and oxygen atoms in total. The van der Waals surface area contributed by atoms with E-state index >= 15 is 0 Å². The lowest BCUT2D eigenvalue weighted by atomic mass is 9.98. The maximum absolute atomic E-state index is 13.9. The molecule has 0 aliphatic heterocycles. The highest BCUT2D eigenvalue weighted by Crippen LogP contribution is 2.23. The molecule has 1 aromatic heterocycles. The van der Waals surface area contributed by atoms with E-state index in [1.165, 1.54) is 5.56 Å². The van der Waals surface area contributed by atoms with Crippen LogP contribution in [0.15, 0.2) is 83.7 Å². The summed E-state index contributed by atoms with van der Waals surface area (Å²) in [5.74, 6) is 1.55. The summed E-state index contributed by atoms with van der Waals surface area (Å²) in [6.45, 7) is 4.17. The van der Waals surface area contributed by atoms with Crippen molar-refractivity contribution in [2.75, 3.05) is 7.11 Å². The number of aryl methyl sites for hydroxylation is 2. The summed E-state index contributed by atoms with van der Waals surface area (Å²) in [5.41, 5.74) is 5.94. The molecule has 0 spiro atoms. The molecule has 0 saturated carbocycles. The molecule has 168 valence electrons. The second kappa shape index (κ2) is 10.3. The average Bonchev–Trinajstić information content (AvgIpc) is 2.87. The number of methoxy groups -OCH3 is 1. The fourth-order valence-corrected chi connectivity index (χ4v) is 4.20. The summed E-state index contributed by atoms with van der Waals surface area (Å²) in [7, 11) is 1.64. The van der Waals surface area contributed by atoms with Crippen LogP contribution in [0.1, 0.15) is 42.9 Å². The average molecular weight is 439 g/mol. The summed E-state index contributed by atoms with van der Waals surface area (Å²) < 4.78 is 7.05. The van der Waals surface area contributed by atoms with Crippen LogP contribution in [-0.2, 0) is 19.3 Å². The van der Waals surface area contributed by atoms with Crippen LogP contribution in [0.4, 0.5) is 0 Å². The van der Waals surface area contributed by atoms with E-state index in [-0.39, 0.29) is 5.56 Å². The number of ether oxygens (including phenoxy) is 1. The van der Waals surface area contributed by atoms with Gasteiger partial charge in [0.05, 0.1) is 18.5 Å². The number of aromatic nitrogens is 2. The highest BCUT2D eigenvalue weighted by molar-refractivity contribution is 5.64. The van der Waals surface area contributed by atoms with Crippen molar-refractivity contribution in [3.05, 3.63) is 112 Å². The van der Waals surface area contributed by atoms with Crippen LogP contribution < -0.4 is 10.3 Å². The summed E-state index contributed by atoms with van der Waals surface area (Å²) in [6, 6.07) is 26.4. The van der Waals surface area contributed by atoms with Crippen molar-refractivity contribution in [3.63, 3.8) is 0 Å². The molecular weight excluding hydrogens is 408 g/mol. The van der Waals surface area contributed by atoms with E-state index in [0.717, 1.165) is 52.5 Å². The Kier molecular flexibility index (Phi) is 7.04. The molecule has 0 atom stereocenters. The van der Waals surface area contributed by atoms with Gasteiger partial charge in [-0.2, -0.15) is 0 Å². The minimum absolute atomic E-state index is 0.0144. The number of hydrogen-bond donors (Lipinski definition) is 0. The summed E-state index contributed by atoms with van der Waals surface area (Å²) in [4.78, 5) is 18.8. The number of hydrogen-bond acceptors (Lipinski definition) is 3. The topological polar surface area (TPSA) is 44.1 Å². The van der Waals surface area contributed by atoms with Gasteiger partial charge < -0.3 is 4.74 Å². The molecule has 0 radical (unpaired) electrons. The Morgan fingerprint density at radius 1 is 0.879 bits per heavy atom. The Morgan fingerprint density at radius 2 is 1.61 bits per heavy atom. The third kappa shape index (κ3) is 4.90. The van der Waals surface area contributed by atoms with E-state index in [0.29, 0.717) is 12.8 Å². The van der Waals surface area contributed by atoms with E-state index in [1.807, 2.05) is 49.4 Å². The quantitative estimate of drug-likeness (QED) is 0.338. The largest absolute Gasteiger partial charge is 0.497 e. The van der Waals surface area contributed by atoms with Crippen LogP contribution in [0.3, 0.4) is 0 Å². The first-order chi connectivity index (χ1) is 16.1. The van der Waals surface area contributed by atoms with Crippen LogP contribution in [0.5, 0.6) is 5.75 Å². The van der Waals surface area contributed by atoms with E-state index in [1.54, 1.807) is 11.7 Å². The van der Waals surface area contributed by atoms with Gasteiger partial charge >= 0.3 is 0 Å². The molecule has 0 saturated heterocycles. The molecule has 3 aromatic carbocycles. The molecule has 0 aliphatic rings. The van der Waals surface area contributed by atoms with E-state index in [9.17, 15) is 4.79 Å². The van der Waals surface area contributed by atoms with Crippen molar-refractivity contribution in [1.82, 2.24) is 9.55 Å². The van der Waals surface area contributed by atoms with Gasteiger partial charge in [0.15, 0.2) is 0 Å². The van der Waals surface area contributed by atoms with Gasteiger partial charge in [-0.15, -0.1) is 0 Å². The fourth-order valence-electron chi connectivity index (χ4n) is 4.20. The van der Waals surface area contributed by atoms with Crippen molar-refractivity contribution < 1.29 is 4.74 Å². The molecule has 0 unspecified atom stereocenters. The summed E-state index contributed by atoms with van der Waals surface area (Å²) in [5, 5.41) is 0. The van der Waals surface area contributed by atoms with Crippen molar-refractivity contribution in [3.8, 4) is 22.6 Å². The molecule has 0 bridgehead atoms. The van der Waals surface area contributed by atoms with Crippen LogP contribution >= 0.6 is 0 Å². The predicted molar refractivity (Wildman–Crippen MR) is 134 cm³/mol. The smallest absolute Gasteiger partial charge is 0.261 e. The Labute approximate surface area is 195 Å². The second-order valence-electron chi connectivity index (χ2n) is 8.14. The predicted octanol–water partition coefficient (Wildman–Crippen LogP) is 6.01. The SMILES string of the molecule is CCCc1nc(CC)n(-c2ccc(OC)cc2)c(=O)c1Cc1cccc(-c2ccccc2)c1. The standard InChI is InChI=1S/C29H30N2O2/c1-4-10-27-26(20-21-11-9-14-23(19-21)22-12-7-6-8-13-22)29(32)31(28(5-2)30-27)24-15-17-25(33-3)18-16-24/h6-9,11-19H,4-5,10,20H2,1-3H3. The maximum Gasteiger partial charge on any atom is 0.261 e. The number of rotatable bonds is 8. The van der Waals surface area contributed by atoms with Gasteiger partial charge in [0.2, 0.25) is 0 Å². The van der Waals surface area contributed by atoms with Gasteiger partial charge in [0, 0.05) is 18.4 Å². The Hall–Kier alpha value is -3.66. The van der Waals surface area contributed by atoms with E-state index < -0.39 is 0 Å². The molecular formula is C29H30N2O2. The van der Waals surface area contributed by atoms with Gasteiger partial charge in [-0.25, -0.2) is 4.98 Å². The first kappa shape index (κ1) is 22.5. The summed E-state index contributed by atoms with van der Waals surface area (Å²) >= 11 is 0. The van der Waals surface area contributed by atoms with Crippen LogP contribution in [0.25, 0.3) is 16.8 Å². The molecule has 0 fully saturated rings. The molecule has 4 aromatic rings. The van der Waals surface area contributed by atoms with Gasteiger partial charge in [-0.05, 0) is 47.4 Å². The zero-order valence-corrected chi connectivity index (χ0v) is 19.5. The lowest BCUT2D eigenvalue weighted by Crippen LogP contribution is -2.29. The second-order valence-corrected chi connectivity index (χ2v) is 8.14. The van der Waals surface area contributed by atoms with Crippen molar-refractivity contribution >= 4 is 0 Å².